The van der Waals surface area contributed by atoms with Gasteiger partial charge in [0.25, 0.3) is 5.91 Å². The van der Waals surface area contributed by atoms with Gasteiger partial charge in [0.1, 0.15) is 0 Å². The Labute approximate surface area is 119 Å². The molecule has 0 N–H and O–H groups in total. The van der Waals surface area contributed by atoms with E-state index in [-0.39, 0.29) is 22.8 Å². The van der Waals surface area contributed by atoms with Crippen molar-refractivity contribution >= 4 is 28.2 Å². The maximum absolute atomic E-state index is 12.2. The van der Waals surface area contributed by atoms with E-state index in [9.17, 15) is 19.7 Å². The minimum absolute atomic E-state index is 0.0437. The number of carbonyl (C=O) groups excluding carboxylic acids is 2. The lowest BCUT2D eigenvalue weighted by atomic mass is 9.97. The largest absolute Gasteiger partial charge is 0.469 e. The number of esters is 1. The number of hydrogen-bond donors (Lipinski definition) is 0. The fourth-order valence-corrected chi connectivity index (χ4v) is 2.97. The Kier molecular flexibility index (Phi) is 4.33. The van der Waals surface area contributed by atoms with E-state index in [2.05, 4.69) is 4.74 Å². The van der Waals surface area contributed by atoms with Crippen molar-refractivity contribution in [2.45, 2.75) is 12.8 Å². The summed E-state index contributed by atoms with van der Waals surface area (Å²) in [7, 11) is 1.35. The molecule has 1 aromatic heterocycles. The molecule has 0 spiro atoms. The van der Waals surface area contributed by atoms with Crippen LogP contribution in [0.15, 0.2) is 12.1 Å². The number of likely N-dealkylation sites (tertiary alicyclic amines) is 1. The molecule has 1 saturated heterocycles. The molecule has 0 aliphatic carbocycles. The third kappa shape index (κ3) is 2.96. The Hall–Kier alpha value is -1.96. The molecular weight excluding hydrogens is 284 g/mol. The summed E-state index contributed by atoms with van der Waals surface area (Å²) in [6.45, 7) is 0.925. The molecule has 1 amide bonds. The van der Waals surface area contributed by atoms with Crippen LogP contribution in [-0.2, 0) is 9.53 Å². The van der Waals surface area contributed by atoms with Gasteiger partial charge in [0.15, 0.2) is 0 Å². The number of nitrogens with zero attached hydrogens (tertiary/aromatic N) is 2. The van der Waals surface area contributed by atoms with Gasteiger partial charge in [-0.05, 0) is 18.9 Å². The van der Waals surface area contributed by atoms with E-state index in [0.29, 0.717) is 30.8 Å². The van der Waals surface area contributed by atoms with Crippen LogP contribution in [0.1, 0.15) is 22.5 Å². The standard InChI is InChI=1S/C12H14N2O5S/c1-19-12(16)8-4-6-13(7-5-8)11(15)9-2-3-10(20-9)14(17)18/h2-3,8H,4-7H2,1H3. The van der Waals surface area contributed by atoms with Crippen molar-refractivity contribution in [3.05, 3.63) is 27.1 Å². The number of piperidine rings is 1. The molecule has 0 radical (unpaired) electrons. The van der Waals surface area contributed by atoms with Crippen LogP contribution in [0.3, 0.4) is 0 Å². The van der Waals surface area contributed by atoms with Crippen molar-refractivity contribution in [1.29, 1.82) is 0 Å². The highest BCUT2D eigenvalue weighted by Gasteiger charge is 2.29. The molecule has 2 heterocycles. The summed E-state index contributed by atoms with van der Waals surface area (Å²) in [6.07, 6.45) is 1.12. The molecule has 1 aliphatic rings. The molecule has 0 aromatic carbocycles. The molecular formula is C12H14N2O5S. The van der Waals surface area contributed by atoms with Crippen molar-refractivity contribution in [2.75, 3.05) is 20.2 Å². The van der Waals surface area contributed by atoms with Crippen LogP contribution < -0.4 is 0 Å². The molecule has 1 aliphatic heterocycles. The van der Waals surface area contributed by atoms with Crippen molar-refractivity contribution in [3.8, 4) is 0 Å². The monoisotopic (exact) mass is 298 g/mol. The zero-order valence-corrected chi connectivity index (χ0v) is 11.7. The molecule has 0 unspecified atom stereocenters. The van der Waals surface area contributed by atoms with Gasteiger partial charge >= 0.3 is 11.0 Å². The van der Waals surface area contributed by atoms with Gasteiger partial charge in [0.05, 0.1) is 22.8 Å². The van der Waals surface area contributed by atoms with Gasteiger partial charge in [0, 0.05) is 19.2 Å². The van der Waals surface area contributed by atoms with Gasteiger partial charge in [-0.2, -0.15) is 0 Å². The Balaban J connectivity index is 1.97. The first-order valence-corrected chi connectivity index (χ1v) is 6.96. The fraction of sp³-hybridized carbons (Fsp3) is 0.500. The predicted octanol–water partition coefficient (Wildman–Crippen LogP) is 1.68. The number of hydrogen-bond acceptors (Lipinski definition) is 6. The second-order valence-electron chi connectivity index (χ2n) is 4.48. The van der Waals surface area contributed by atoms with Crippen molar-refractivity contribution < 1.29 is 19.2 Å². The third-order valence-electron chi connectivity index (χ3n) is 3.30. The summed E-state index contributed by atoms with van der Waals surface area (Å²) < 4.78 is 4.68. The quantitative estimate of drug-likeness (QED) is 0.481. The highest BCUT2D eigenvalue weighted by Crippen LogP contribution is 2.27. The molecule has 0 bridgehead atoms. The van der Waals surface area contributed by atoms with Crippen LogP contribution in [0, 0.1) is 16.0 Å². The SMILES string of the molecule is COC(=O)C1CCN(C(=O)c2ccc([N+](=O)[O-])s2)CC1. The van der Waals surface area contributed by atoms with Crippen molar-refractivity contribution in [2.24, 2.45) is 5.92 Å². The molecule has 0 saturated carbocycles. The maximum atomic E-state index is 12.2. The van der Waals surface area contributed by atoms with Crippen LogP contribution in [0.4, 0.5) is 5.00 Å². The summed E-state index contributed by atoms with van der Waals surface area (Å²) in [5.74, 6) is -0.628. The summed E-state index contributed by atoms with van der Waals surface area (Å²) in [4.78, 5) is 35.6. The average molecular weight is 298 g/mol. The van der Waals surface area contributed by atoms with Gasteiger partial charge in [-0.1, -0.05) is 11.3 Å². The van der Waals surface area contributed by atoms with E-state index >= 15 is 0 Å². The highest BCUT2D eigenvalue weighted by molar-refractivity contribution is 7.17. The third-order valence-corrected chi connectivity index (χ3v) is 4.32. The Bertz CT molecular complexity index is 534. The van der Waals surface area contributed by atoms with E-state index in [1.807, 2.05) is 0 Å². The summed E-state index contributed by atoms with van der Waals surface area (Å²) >= 11 is 0.872. The number of ether oxygens (including phenoxy) is 1. The van der Waals surface area contributed by atoms with E-state index < -0.39 is 4.92 Å². The summed E-state index contributed by atoms with van der Waals surface area (Å²) in [5.41, 5.74) is 0. The molecule has 20 heavy (non-hydrogen) atoms. The fourth-order valence-electron chi connectivity index (χ4n) is 2.18. The zero-order chi connectivity index (χ0) is 14.7. The van der Waals surface area contributed by atoms with E-state index in [0.717, 1.165) is 11.3 Å². The topological polar surface area (TPSA) is 89.8 Å². The Morgan fingerprint density at radius 1 is 1.40 bits per heavy atom. The number of carbonyl (C=O) groups is 2. The lowest BCUT2D eigenvalue weighted by Crippen LogP contribution is -2.40. The van der Waals surface area contributed by atoms with Crippen molar-refractivity contribution in [3.63, 3.8) is 0 Å². The summed E-state index contributed by atoms with van der Waals surface area (Å²) in [5, 5.41) is 10.6. The number of methoxy groups -OCH3 is 1. The van der Waals surface area contributed by atoms with Crippen LogP contribution in [0.2, 0.25) is 0 Å². The van der Waals surface area contributed by atoms with Crippen LogP contribution in [0.5, 0.6) is 0 Å². The van der Waals surface area contributed by atoms with Crippen molar-refractivity contribution in [1.82, 2.24) is 4.90 Å². The maximum Gasteiger partial charge on any atom is 0.324 e. The minimum Gasteiger partial charge on any atom is -0.469 e. The smallest absolute Gasteiger partial charge is 0.324 e. The van der Waals surface area contributed by atoms with Gasteiger partial charge in [-0.15, -0.1) is 0 Å². The Morgan fingerprint density at radius 2 is 2.05 bits per heavy atom. The van der Waals surface area contributed by atoms with Crippen LogP contribution >= 0.6 is 11.3 Å². The van der Waals surface area contributed by atoms with Gasteiger partial charge in [-0.3, -0.25) is 19.7 Å². The molecule has 7 nitrogen and oxygen atoms in total. The van der Waals surface area contributed by atoms with Crippen LogP contribution in [-0.4, -0.2) is 41.9 Å². The first-order valence-electron chi connectivity index (χ1n) is 6.14. The minimum atomic E-state index is -0.509. The number of rotatable bonds is 3. The first-order chi connectivity index (χ1) is 9.52. The molecule has 2 rings (SSSR count). The second-order valence-corrected chi connectivity index (χ2v) is 5.55. The lowest BCUT2D eigenvalue weighted by molar-refractivity contribution is -0.380. The normalized spacial score (nSPS) is 15.9. The second kappa shape index (κ2) is 6.00. The average Bonchev–Trinajstić information content (AvgIpc) is 2.96. The van der Waals surface area contributed by atoms with E-state index in [1.54, 1.807) is 4.90 Å². The van der Waals surface area contributed by atoms with Gasteiger partial charge in [0.2, 0.25) is 0 Å². The Morgan fingerprint density at radius 3 is 2.55 bits per heavy atom. The molecule has 108 valence electrons. The summed E-state index contributed by atoms with van der Waals surface area (Å²) in [6, 6.07) is 2.80. The van der Waals surface area contributed by atoms with Gasteiger partial charge in [-0.25, -0.2) is 0 Å². The molecule has 1 fully saturated rings. The van der Waals surface area contributed by atoms with E-state index in [1.165, 1.54) is 19.2 Å². The lowest BCUT2D eigenvalue weighted by Gasteiger charge is -2.30. The molecule has 1 aromatic rings. The molecule has 0 atom stereocenters. The highest BCUT2D eigenvalue weighted by atomic mass is 32.1. The number of nitro groups is 1. The predicted molar refractivity (Wildman–Crippen MR) is 71.6 cm³/mol. The van der Waals surface area contributed by atoms with Gasteiger partial charge < -0.3 is 9.64 Å². The first kappa shape index (κ1) is 14.4. The van der Waals surface area contributed by atoms with E-state index in [4.69, 9.17) is 0 Å². The zero-order valence-electron chi connectivity index (χ0n) is 10.9. The number of thiophene rings is 1. The number of amides is 1. The molecule has 8 heteroatoms. The van der Waals surface area contributed by atoms with Crippen LogP contribution in [0.25, 0.3) is 0 Å².